The zero-order valence-corrected chi connectivity index (χ0v) is 16.4. The molecule has 3 aromatic rings. The number of benzene rings is 2. The van der Waals surface area contributed by atoms with Crippen LogP contribution in [0, 0.1) is 0 Å². The molecular weight excluding hydrogens is 410 g/mol. The van der Waals surface area contributed by atoms with Crippen molar-refractivity contribution in [1.29, 1.82) is 0 Å². The fourth-order valence-corrected chi connectivity index (χ4v) is 3.88. The third kappa shape index (κ3) is 4.33. The molecule has 2 aromatic carbocycles. The normalized spacial score (nSPS) is 11.8. The quantitative estimate of drug-likeness (QED) is 0.478. The van der Waals surface area contributed by atoms with Crippen molar-refractivity contribution in [3.05, 3.63) is 70.4 Å². The maximum atomic E-state index is 12.1. The zero-order chi connectivity index (χ0) is 19.4. The fourth-order valence-electron chi connectivity index (χ4n) is 2.49. The van der Waals surface area contributed by atoms with Crippen LogP contribution in [0.25, 0.3) is 0 Å². The van der Waals surface area contributed by atoms with Gasteiger partial charge in [0.2, 0.25) is 0 Å². The predicted octanol–water partition coefficient (Wildman–Crippen LogP) is 3.84. The average Bonchev–Trinajstić information content (AvgIpc) is 3.10. The van der Waals surface area contributed by atoms with Crippen LogP contribution in [0.4, 0.5) is 11.5 Å². The van der Waals surface area contributed by atoms with Crippen LogP contribution in [-0.4, -0.2) is 30.6 Å². The van der Waals surface area contributed by atoms with Gasteiger partial charge in [0, 0.05) is 11.4 Å². The van der Waals surface area contributed by atoms with Gasteiger partial charge in [-0.25, -0.2) is 13.3 Å². The van der Waals surface area contributed by atoms with Crippen LogP contribution in [0.15, 0.2) is 48.5 Å². The second-order valence-electron chi connectivity index (χ2n) is 5.38. The monoisotopic (exact) mass is 423 g/mol. The summed E-state index contributed by atoms with van der Waals surface area (Å²) in [4.78, 5) is 12.1. The molecule has 0 saturated carbocycles. The molecule has 0 spiro atoms. The summed E-state index contributed by atoms with van der Waals surface area (Å²) in [6.07, 6.45) is 0.418. The van der Waals surface area contributed by atoms with Crippen molar-refractivity contribution in [2.24, 2.45) is 0 Å². The Balaban J connectivity index is 2.08. The van der Waals surface area contributed by atoms with Crippen molar-refractivity contribution in [1.82, 2.24) is 8.75 Å². The first-order valence-electron chi connectivity index (χ1n) is 7.65. The number of rotatable bonds is 6. The van der Waals surface area contributed by atoms with E-state index in [0.29, 0.717) is 17.1 Å². The molecule has 1 heterocycles. The largest absolute Gasteiger partial charge is 0.465 e. The van der Waals surface area contributed by atoms with Gasteiger partial charge >= 0.3 is 5.97 Å². The molecule has 0 saturated heterocycles. The molecule has 10 heteroatoms. The molecule has 0 amide bonds. The minimum absolute atomic E-state index is 0.0473. The Kier molecular flexibility index (Phi) is 6.17. The standard InChI is InChI=1S/C17H14ClN3O4S2/c1-25-17(22)13-10-12(18)7-8-15(13)21(27(23)24)16-14(19-26-20-16)9-11-5-3-2-4-6-11/h2-8,10H,9H2,1H3,(H,23,24). The molecule has 3 rings (SSSR count). The smallest absolute Gasteiger partial charge is 0.340 e. The van der Waals surface area contributed by atoms with E-state index >= 15 is 0 Å². The molecule has 1 atom stereocenters. The van der Waals surface area contributed by atoms with E-state index in [1.165, 1.54) is 25.3 Å². The van der Waals surface area contributed by atoms with Crippen LogP contribution in [0.5, 0.6) is 0 Å². The Bertz CT molecular complexity index is 981. The lowest BCUT2D eigenvalue weighted by molar-refractivity contribution is 0.0601. The van der Waals surface area contributed by atoms with Crippen LogP contribution in [0.1, 0.15) is 21.6 Å². The number of ether oxygens (including phenoxy) is 1. The summed E-state index contributed by atoms with van der Waals surface area (Å²) in [5.74, 6) is -0.493. The summed E-state index contributed by atoms with van der Waals surface area (Å²) in [6.45, 7) is 0. The Hall–Kier alpha value is -2.33. The van der Waals surface area contributed by atoms with Crippen molar-refractivity contribution in [2.45, 2.75) is 6.42 Å². The molecule has 1 aromatic heterocycles. The van der Waals surface area contributed by atoms with Gasteiger partial charge in [-0.1, -0.05) is 41.9 Å². The SMILES string of the molecule is COC(=O)c1cc(Cl)ccc1N(c1nsnc1Cc1ccccc1)S(=O)O. The molecule has 7 nitrogen and oxygen atoms in total. The van der Waals surface area contributed by atoms with E-state index in [9.17, 15) is 13.6 Å². The number of aromatic nitrogens is 2. The summed E-state index contributed by atoms with van der Waals surface area (Å²) in [5.41, 5.74) is 1.68. The van der Waals surface area contributed by atoms with Crippen LogP contribution in [-0.2, 0) is 22.4 Å². The number of nitrogens with zero attached hydrogens (tertiary/aromatic N) is 3. The molecule has 0 aliphatic rings. The van der Waals surface area contributed by atoms with E-state index in [1.54, 1.807) is 0 Å². The van der Waals surface area contributed by atoms with Crippen LogP contribution < -0.4 is 4.31 Å². The van der Waals surface area contributed by atoms with Gasteiger partial charge in [0.05, 0.1) is 30.1 Å². The topological polar surface area (TPSA) is 92.6 Å². The summed E-state index contributed by atoms with van der Waals surface area (Å²) in [6, 6.07) is 13.9. The first kappa shape index (κ1) is 19.4. The number of carbonyl (C=O) groups excluding carboxylic acids is 1. The van der Waals surface area contributed by atoms with E-state index in [-0.39, 0.29) is 17.1 Å². The Morgan fingerprint density at radius 3 is 2.67 bits per heavy atom. The lowest BCUT2D eigenvalue weighted by Gasteiger charge is -2.20. The molecule has 1 unspecified atom stereocenters. The first-order chi connectivity index (χ1) is 13.0. The van der Waals surface area contributed by atoms with Crippen molar-refractivity contribution >= 4 is 52.1 Å². The number of methoxy groups -OCH3 is 1. The fraction of sp³-hybridized carbons (Fsp3) is 0.118. The third-order valence-electron chi connectivity index (χ3n) is 3.68. The number of esters is 1. The summed E-state index contributed by atoms with van der Waals surface area (Å²) in [7, 11) is 1.22. The Morgan fingerprint density at radius 1 is 1.26 bits per heavy atom. The van der Waals surface area contributed by atoms with Crippen molar-refractivity contribution < 1.29 is 18.3 Å². The van der Waals surface area contributed by atoms with E-state index in [4.69, 9.17) is 16.3 Å². The van der Waals surface area contributed by atoms with Crippen molar-refractivity contribution in [3.8, 4) is 0 Å². The molecule has 0 aliphatic heterocycles. The van der Waals surface area contributed by atoms with E-state index in [1.807, 2.05) is 30.3 Å². The van der Waals surface area contributed by atoms with Gasteiger partial charge in [0.1, 0.15) is 5.69 Å². The first-order valence-corrected chi connectivity index (χ1v) is 9.82. The lowest BCUT2D eigenvalue weighted by atomic mass is 10.1. The molecule has 0 fully saturated rings. The maximum Gasteiger partial charge on any atom is 0.340 e. The Morgan fingerprint density at radius 2 is 2.00 bits per heavy atom. The van der Waals surface area contributed by atoms with Gasteiger partial charge in [-0.3, -0.25) is 4.55 Å². The van der Waals surface area contributed by atoms with Crippen molar-refractivity contribution in [3.63, 3.8) is 0 Å². The second-order valence-corrected chi connectivity index (χ2v) is 7.17. The number of anilines is 2. The van der Waals surface area contributed by atoms with Gasteiger partial charge < -0.3 is 4.74 Å². The van der Waals surface area contributed by atoms with Gasteiger partial charge in [0.25, 0.3) is 11.3 Å². The number of hydrogen-bond donors (Lipinski definition) is 1. The van der Waals surface area contributed by atoms with Crippen molar-refractivity contribution in [2.75, 3.05) is 11.4 Å². The van der Waals surface area contributed by atoms with Gasteiger partial charge in [-0.15, -0.1) is 0 Å². The molecule has 140 valence electrons. The highest BCUT2D eigenvalue weighted by atomic mass is 35.5. The Labute approximate surface area is 167 Å². The summed E-state index contributed by atoms with van der Waals surface area (Å²) < 4.78 is 36.3. The van der Waals surface area contributed by atoms with E-state index < -0.39 is 17.2 Å². The minimum atomic E-state index is -2.50. The predicted molar refractivity (Wildman–Crippen MR) is 105 cm³/mol. The van der Waals surface area contributed by atoms with E-state index in [2.05, 4.69) is 8.75 Å². The molecule has 1 N–H and O–H groups in total. The average molecular weight is 424 g/mol. The minimum Gasteiger partial charge on any atom is -0.465 e. The van der Waals surface area contributed by atoms with Crippen LogP contribution in [0.2, 0.25) is 5.02 Å². The molecule has 0 aliphatic carbocycles. The third-order valence-corrected chi connectivity index (χ3v) is 5.16. The highest BCUT2D eigenvalue weighted by Crippen LogP contribution is 2.34. The van der Waals surface area contributed by atoms with Gasteiger partial charge in [0.15, 0.2) is 5.82 Å². The highest BCUT2D eigenvalue weighted by molar-refractivity contribution is 7.81. The maximum absolute atomic E-state index is 12.1. The zero-order valence-electron chi connectivity index (χ0n) is 14.0. The lowest BCUT2D eigenvalue weighted by Crippen LogP contribution is -2.23. The second kappa shape index (κ2) is 8.57. The van der Waals surface area contributed by atoms with Gasteiger partial charge in [-0.2, -0.15) is 8.75 Å². The van der Waals surface area contributed by atoms with Crippen LogP contribution >= 0.6 is 23.3 Å². The highest BCUT2D eigenvalue weighted by Gasteiger charge is 2.27. The number of halogens is 1. The molecule has 0 radical (unpaired) electrons. The van der Waals surface area contributed by atoms with E-state index in [0.717, 1.165) is 21.6 Å². The van der Waals surface area contributed by atoms with Gasteiger partial charge in [-0.05, 0) is 23.8 Å². The molecule has 27 heavy (non-hydrogen) atoms. The summed E-state index contributed by atoms with van der Waals surface area (Å²) >= 11 is 4.39. The number of hydrogen-bond acceptors (Lipinski definition) is 6. The molecule has 0 bridgehead atoms. The van der Waals surface area contributed by atoms with Crippen LogP contribution in [0.3, 0.4) is 0 Å². The number of carbonyl (C=O) groups is 1. The summed E-state index contributed by atoms with van der Waals surface area (Å²) in [5, 5.41) is 0.295. The molecular formula is C17H14ClN3O4S2.